The molecule has 0 N–H and O–H groups in total. The fraction of sp³-hybridized carbons (Fsp3) is 0.789. The van der Waals surface area contributed by atoms with E-state index < -0.39 is 35.6 Å². The van der Waals surface area contributed by atoms with Gasteiger partial charge in [0.25, 0.3) is 0 Å². The molecule has 3 unspecified atom stereocenters. The van der Waals surface area contributed by atoms with E-state index in [9.17, 15) is 19.2 Å². The molecule has 1 amide bonds. The summed E-state index contributed by atoms with van der Waals surface area (Å²) in [7, 11) is 0. The third-order valence-corrected chi connectivity index (χ3v) is 4.66. The van der Waals surface area contributed by atoms with Crippen molar-refractivity contribution in [3.8, 4) is 0 Å². The van der Waals surface area contributed by atoms with E-state index >= 15 is 0 Å². The molecule has 8 nitrogen and oxygen atoms in total. The Morgan fingerprint density at radius 2 is 1.59 bits per heavy atom. The molecular formula is C19H29NO7. The quantitative estimate of drug-likeness (QED) is 0.376. The molecule has 8 heteroatoms. The fourth-order valence-corrected chi connectivity index (χ4v) is 3.46. The Kier molecular flexibility index (Phi) is 6.49. The van der Waals surface area contributed by atoms with Crippen LogP contribution in [-0.2, 0) is 28.6 Å². The van der Waals surface area contributed by atoms with Crippen LogP contribution in [0.3, 0.4) is 0 Å². The van der Waals surface area contributed by atoms with E-state index in [2.05, 4.69) is 0 Å². The topological polar surface area (TPSA) is 99.2 Å². The van der Waals surface area contributed by atoms with Crippen LogP contribution in [0.1, 0.15) is 47.5 Å². The average molecular weight is 383 g/mol. The molecule has 152 valence electrons. The number of hydrogen-bond acceptors (Lipinski definition) is 7. The van der Waals surface area contributed by atoms with Crippen LogP contribution in [0.25, 0.3) is 0 Å². The lowest BCUT2D eigenvalue weighted by Crippen LogP contribution is -2.47. The first-order valence-corrected chi connectivity index (χ1v) is 9.44. The molecule has 1 aliphatic carbocycles. The van der Waals surface area contributed by atoms with Crippen LogP contribution in [0.15, 0.2) is 0 Å². The zero-order valence-electron chi connectivity index (χ0n) is 16.6. The van der Waals surface area contributed by atoms with Crippen molar-refractivity contribution >= 4 is 23.8 Å². The number of amides is 1. The highest BCUT2D eigenvalue weighted by atomic mass is 16.6. The molecular weight excluding hydrogens is 354 g/mol. The van der Waals surface area contributed by atoms with Crippen LogP contribution >= 0.6 is 0 Å². The summed E-state index contributed by atoms with van der Waals surface area (Å²) in [5.74, 6) is -2.87. The summed E-state index contributed by atoms with van der Waals surface area (Å²) in [4.78, 5) is 51.1. The van der Waals surface area contributed by atoms with Crippen molar-refractivity contribution < 1.29 is 33.4 Å². The van der Waals surface area contributed by atoms with E-state index in [4.69, 9.17) is 14.2 Å². The molecule has 2 fully saturated rings. The highest BCUT2D eigenvalue weighted by molar-refractivity contribution is 6.01. The zero-order chi connectivity index (χ0) is 20.4. The molecule has 1 saturated carbocycles. The van der Waals surface area contributed by atoms with Crippen molar-refractivity contribution in [2.24, 2.45) is 17.8 Å². The molecule has 0 bridgehead atoms. The highest BCUT2D eigenvalue weighted by Crippen LogP contribution is 2.50. The number of piperidine rings is 1. The summed E-state index contributed by atoms with van der Waals surface area (Å²) < 4.78 is 15.2. The van der Waals surface area contributed by atoms with Gasteiger partial charge in [0.05, 0.1) is 19.3 Å². The Morgan fingerprint density at radius 1 is 1.04 bits per heavy atom. The molecule has 2 aliphatic rings. The van der Waals surface area contributed by atoms with E-state index in [1.807, 2.05) is 0 Å². The number of hydrogen-bond donors (Lipinski definition) is 0. The molecule has 3 atom stereocenters. The Labute approximate surface area is 159 Å². The second kappa shape index (κ2) is 8.27. The normalized spacial score (nSPS) is 23.6. The van der Waals surface area contributed by atoms with E-state index in [0.29, 0.717) is 6.54 Å². The van der Waals surface area contributed by atoms with E-state index in [-0.39, 0.29) is 37.3 Å². The van der Waals surface area contributed by atoms with Crippen molar-refractivity contribution in [1.82, 2.24) is 4.90 Å². The molecule has 27 heavy (non-hydrogen) atoms. The number of likely N-dealkylation sites (tertiary alicyclic amines) is 1. The SMILES string of the molecule is CCOC(=O)C(CC(=O)C1C2CC2CN1C(=O)OC(C)(C)C)C(=O)OCC. The smallest absolute Gasteiger partial charge is 0.410 e. The summed E-state index contributed by atoms with van der Waals surface area (Å²) in [6.45, 7) is 9.18. The Balaban J connectivity index is 2.11. The molecule has 0 aromatic carbocycles. The molecule has 0 radical (unpaired) electrons. The second-order valence-electron chi connectivity index (χ2n) is 7.96. The maximum atomic E-state index is 12.9. The van der Waals surface area contributed by atoms with Gasteiger partial charge in [-0.3, -0.25) is 19.3 Å². The fourth-order valence-electron chi connectivity index (χ4n) is 3.46. The van der Waals surface area contributed by atoms with Gasteiger partial charge in [-0.05, 0) is 52.9 Å². The van der Waals surface area contributed by atoms with Crippen LogP contribution < -0.4 is 0 Å². The minimum atomic E-state index is -1.31. The molecule has 1 aliphatic heterocycles. The number of rotatable bonds is 7. The van der Waals surface area contributed by atoms with Crippen molar-refractivity contribution in [2.45, 2.75) is 59.1 Å². The third kappa shape index (κ3) is 5.20. The third-order valence-electron chi connectivity index (χ3n) is 4.66. The summed E-state index contributed by atoms with van der Waals surface area (Å²) in [6.07, 6.45) is -0.0267. The van der Waals surface area contributed by atoms with Gasteiger partial charge in [-0.15, -0.1) is 0 Å². The first-order valence-electron chi connectivity index (χ1n) is 9.44. The lowest BCUT2D eigenvalue weighted by molar-refractivity contribution is -0.163. The first kappa shape index (κ1) is 21.2. The van der Waals surface area contributed by atoms with Gasteiger partial charge in [-0.25, -0.2) is 4.79 Å². The van der Waals surface area contributed by atoms with Crippen LogP contribution in [-0.4, -0.2) is 60.1 Å². The van der Waals surface area contributed by atoms with Crippen molar-refractivity contribution in [3.63, 3.8) is 0 Å². The first-order chi connectivity index (χ1) is 12.6. The number of carbonyl (C=O) groups excluding carboxylic acids is 4. The van der Waals surface area contributed by atoms with Gasteiger partial charge in [-0.2, -0.15) is 0 Å². The van der Waals surface area contributed by atoms with Gasteiger partial charge in [0, 0.05) is 13.0 Å². The number of esters is 2. The van der Waals surface area contributed by atoms with Crippen LogP contribution in [0, 0.1) is 17.8 Å². The van der Waals surface area contributed by atoms with Gasteiger partial charge in [0.2, 0.25) is 0 Å². The predicted octanol–water partition coefficient (Wildman–Crippen LogP) is 1.94. The monoisotopic (exact) mass is 383 g/mol. The summed E-state index contributed by atoms with van der Waals surface area (Å²) in [6, 6.07) is -0.670. The van der Waals surface area contributed by atoms with E-state index in [0.717, 1.165) is 6.42 Å². The molecule has 1 heterocycles. The van der Waals surface area contributed by atoms with Crippen LogP contribution in [0.5, 0.6) is 0 Å². The Hall–Kier alpha value is -2.12. The van der Waals surface area contributed by atoms with Gasteiger partial charge < -0.3 is 14.2 Å². The number of Topliss-reactive ketones (excluding diaryl/α,β-unsaturated/α-hetero) is 1. The van der Waals surface area contributed by atoms with Crippen molar-refractivity contribution in [1.29, 1.82) is 0 Å². The maximum absolute atomic E-state index is 12.9. The van der Waals surface area contributed by atoms with Gasteiger partial charge in [0.1, 0.15) is 5.60 Å². The largest absolute Gasteiger partial charge is 0.465 e. The van der Waals surface area contributed by atoms with Gasteiger partial charge in [0.15, 0.2) is 11.7 Å². The number of fused-ring (bicyclic) bond motifs is 1. The minimum Gasteiger partial charge on any atom is -0.465 e. The van der Waals surface area contributed by atoms with Gasteiger partial charge in [-0.1, -0.05) is 0 Å². The molecule has 2 rings (SSSR count). The second-order valence-corrected chi connectivity index (χ2v) is 7.96. The minimum absolute atomic E-state index is 0.0649. The van der Waals surface area contributed by atoms with E-state index in [1.54, 1.807) is 34.6 Å². The van der Waals surface area contributed by atoms with E-state index in [1.165, 1.54) is 4.90 Å². The Bertz CT molecular complexity index is 592. The predicted molar refractivity (Wildman–Crippen MR) is 94.7 cm³/mol. The number of nitrogens with zero attached hydrogens (tertiary/aromatic N) is 1. The van der Waals surface area contributed by atoms with Gasteiger partial charge >= 0.3 is 18.0 Å². The molecule has 0 aromatic heterocycles. The Morgan fingerprint density at radius 3 is 2.07 bits per heavy atom. The summed E-state index contributed by atoms with van der Waals surface area (Å²) >= 11 is 0. The standard InChI is InChI=1S/C19H29NO7/c1-6-25-16(22)13(17(23)26-7-2)9-14(21)15-12-8-11(12)10-20(15)18(24)27-19(3,4)5/h11-13,15H,6-10H2,1-5H3. The molecule has 0 aromatic rings. The van der Waals surface area contributed by atoms with Crippen LogP contribution in [0.2, 0.25) is 0 Å². The zero-order valence-corrected chi connectivity index (χ0v) is 16.6. The number of ketones is 1. The average Bonchev–Trinajstić information content (AvgIpc) is 3.21. The van der Waals surface area contributed by atoms with Crippen molar-refractivity contribution in [3.05, 3.63) is 0 Å². The lowest BCUT2D eigenvalue weighted by Gasteiger charge is -2.30. The van der Waals surface area contributed by atoms with Crippen molar-refractivity contribution in [2.75, 3.05) is 19.8 Å². The lowest BCUT2D eigenvalue weighted by atomic mass is 9.96. The number of ether oxygens (including phenoxy) is 3. The number of carbonyl (C=O) groups is 4. The molecule has 1 saturated heterocycles. The summed E-state index contributed by atoms with van der Waals surface area (Å²) in [5, 5.41) is 0. The maximum Gasteiger partial charge on any atom is 0.410 e. The molecule has 0 spiro atoms. The highest BCUT2D eigenvalue weighted by Gasteiger charge is 2.57. The summed E-state index contributed by atoms with van der Waals surface area (Å²) in [5.41, 5.74) is -0.671. The van der Waals surface area contributed by atoms with Crippen LogP contribution in [0.4, 0.5) is 4.79 Å².